The Bertz CT molecular complexity index is 854. The predicted molar refractivity (Wildman–Crippen MR) is 91.7 cm³/mol. The number of imidazole rings is 1. The number of hydrogen-bond donors (Lipinski definition) is 1. The van der Waals surface area contributed by atoms with Gasteiger partial charge in [-0.25, -0.2) is 4.98 Å². The van der Waals surface area contributed by atoms with Gasteiger partial charge < -0.3 is 14.8 Å². The average molecular weight is 303 g/mol. The normalized spacial score (nSPS) is 14.9. The number of anilines is 2. The Morgan fingerprint density at radius 3 is 2.43 bits per heavy atom. The Kier molecular flexibility index (Phi) is 3.35. The smallest absolute Gasteiger partial charge is 0.203 e. The van der Waals surface area contributed by atoms with E-state index in [1.165, 1.54) is 5.69 Å². The number of benzene rings is 2. The zero-order chi connectivity index (χ0) is 15.6. The van der Waals surface area contributed by atoms with Crippen LogP contribution in [0.5, 0.6) is 0 Å². The molecule has 0 radical (unpaired) electrons. The Morgan fingerprint density at radius 2 is 1.70 bits per heavy atom. The van der Waals surface area contributed by atoms with Gasteiger partial charge in [-0.2, -0.15) is 5.26 Å². The molecule has 1 fully saturated rings. The van der Waals surface area contributed by atoms with Crippen molar-refractivity contribution in [1.82, 2.24) is 9.97 Å². The Labute approximate surface area is 134 Å². The molecule has 2 heterocycles. The molecule has 0 bridgehead atoms. The van der Waals surface area contributed by atoms with E-state index in [2.05, 4.69) is 50.1 Å². The lowest BCUT2D eigenvalue weighted by atomic mass is 10.2. The largest absolute Gasteiger partial charge is 0.368 e. The van der Waals surface area contributed by atoms with Crippen molar-refractivity contribution in [1.29, 1.82) is 5.26 Å². The van der Waals surface area contributed by atoms with Crippen molar-refractivity contribution in [3.63, 3.8) is 0 Å². The number of nitrogens with one attached hydrogen (secondary N) is 1. The number of piperazine rings is 1. The highest BCUT2D eigenvalue weighted by atomic mass is 15.3. The molecule has 1 aliphatic rings. The van der Waals surface area contributed by atoms with Gasteiger partial charge in [0.05, 0.1) is 22.7 Å². The highest BCUT2D eigenvalue weighted by molar-refractivity contribution is 5.79. The van der Waals surface area contributed by atoms with Gasteiger partial charge in [-0.1, -0.05) is 18.2 Å². The van der Waals surface area contributed by atoms with Crippen molar-refractivity contribution in [2.24, 2.45) is 0 Å². The fraction of sp³-hybridized carbons (Fsp3) is 0.222. The van der Waals surface area contributed by atoms with E-state index in [1.54, 1.807) is 6.07 Å². The number of aromatic nitrogens is 2. The second-order valence-electron chi connectivity index (χ2n) is 5.71. The third-order valence-electron chi connectivity index (χ3n) is 4.30. The Hall–Kier alpha value is -3.00. The van der Waals surface area contributed by atoms with Crippen LogP contribution in [0.3, 0.4) is 0 Å². The second-order valence-corrected chi connectivity index (χ2v) is 5.71. The van der Waals surface area contributed by atoms with E-state index in [0.717, 1.165) is 43.2 Å². The molecule has 0 aliphatic carbocycles. The van der Waals surface area contributed by atoms with Gasteiger partial charge in [0.25, 0.3) is 0 Å². The zero-order valence-corrected chi connectivity index (χ0v) is 12.7. The predicted octanol–water partition coefficient (Wildman–Crippen LogP) is 2.76. The van der Waals surface area contributed by atoms with E-state index in [0.29, 0.717) is 5.56 Å². The van der Waals surface area contributed by atoms with Gasteiger partial charge in [-0.15, -0.1) is 0 Å². The molecule has 1 aliphatic heterocycles. The lowest BCUT2D eigenvalue weighted by Gasteiger charge is -2.35. The molecule has 1 N–H and O–H groups in total. The van der Waals surface area contributed by atoms with E-state index in [1.807, 2.05) is 18.2 Å². The lowest BCUT2D eigenvalue weighted by molar-refractivity contribution is 0.643. The number of H-pyrrole nitrogens is 1. The monoisotopic (exact) mass is 303 g/mol. The molecule has 0 spiro atoms. The minimum Gasteiger partial charge on any atom is -0.368 e. The molecule has 1 aromatic heterocycles. The quantitative estimate of drug-likeness (QED) is 0.791. The van der Waals surface area contributed by atoms with Crippen LogP contribution in [0.4, 0.5) is 11.6 Å². The van der Waals surface area contributed by atoms with Gasteiger partial charge in [0.15, 0.2) is 0 Å². The Balaban J connectivity index is 1.51. The van der Waals surface area contributed by atoms with Crippen molar-refractivity contribution in [3.8, 4) is 6.07 Å². The summed E-state index contributed by atoms with van der Waals surface area (Å²) < 4.78 is 0. The minimum atomic E-state index is 0.654. The SMILES string of the molecule is N#Cc1ccc2nc(N3CCN(c4ccccc4)CC3)[nH]c2c1. The maximum Gasteiger partial charge on any atom is 0.203 e. The molecule has 23 heavy (non-hydrogen) atoms. The molecule has 2 aromatic carbocycles. The number of nitrogens with zero attached hydrogens (tertiary/aromatic N) is 4. The van der Waals surface area contributed by atoms with Crippen LogP contribution in [0.2, 0.25) is 0 Å². The van der Waals surface area contributed by atoms with Gasteiger partial charge in [0, 0.05) is 31.9 Å². The van der Waals surface area contributed by atoms with E-state index in [-0.39, 0.29) is 0 Å². The van der Waals surface area contributed by atoms with Crippen LogP contribution in [0.15, 0.2) is 48.5 Å². The summed E-state index contributed by atoms with van der Waals surface area (Å²) in [5.74, 6) is 0.891. The lowest BCUT2D eigenvalue weighted by Crippen LogP contribution is -2.46. The van der Waals surface area contributed by atoms with Gasteiger partial charge >= 0.3 is 0 Å². The minimum absolute atomic E-state index is 0.654. The number of nitriles is 1. The molecule has 0 unspecified atom stereocenters. The van der Waals surface area contributed by atoms with Crippen LogP contribution in [0, 0.1) is 11.3 Å². The molecule has 0 saturated carbocycles. The van der Waals surface area contributed by atoms with Crippen LogP contribution in [0.1, 0.15) is 5.56 Å². The van der Waals surface area contributed by atoms with Crippen molar-refractivity contribution < 1.29 is 0 Å². The van der Waals surface area contributed by atoms with Crippen LogP contribution in [-0.2, 0) is 0 Å². The second kappa shape index (κ2) is 5.65. The first-order valence-corrected chi connectivity index (χ1v) is 7.78. The summed E-state index contributed by atoms with van der Waals surface area (Å²) in [4.78, 5) is 12.7. The van der Waals surface area contributed by atoms with E-state index in [4.69, 9.17) is 5.26 Å². The highest BCUT2D eigenvalue weighted by Gasteiger charge is 2.19. The number of para-hydroxylation sites is 1. The molecule has 4 rings (SSSR count). The van der Waals surface area contributed by atoms with Crippen LogP contribution >= 0.6 is 0 Å². The van der Waals surface area contributed by atoms with E-state index >= 15 is 0 Å². The van der Waals surface area contributed by atoms with Crippen molar-refractivity contribution in [2.75, 3.05) is 36.0 Å². The summed E-state index contributed by atoms with van der Waals surface area (Å²) in [5.41, 5.74) is 3.76. The number of fused-ring (bicyclic) bond motifs is 1. The summed E-state index contributed by atoms with van der Waals surface area (Å²) in [6, 6.07) is 18.2. The fourth-order valence-electron chi connectivity index (χ4n) is 3.03. The molecule has 114 valence electrons. The third-order valence-corrected chi connectivity index (χ3v) is 4.30. The zero-order valence-electron chi connectivity index (χ0n) is 12.7. The number of hydrogen-bond acceptors (Lipinski definition) is 4. The molecule has 1 saturated heterocycles. The first-order valence-electron chi connectivity index (χ1n) is 7.78. The first kappa shape index (κ1) is 13.6. The van der Waals surface area contributed by atoms with Crippen molar-refractivity contribution in [2.45, 2.75) is 0 Å². The van der Waals surface area contributed by atoms with Crippen LogP contribution < -0.4 is 9.80 Å². The summed E-state index contributed by atoms with van der Waals surface area (Å²) in [6.07, 6.45) is 0. The maximum atomic E-state index is 8.99. The number of rotatable bonds is 2. The van der Waals surface area contributed by atoms with Crippen molar-refractivity contribution in [3.05, 3.63) is 54.1 Å². The summed E-state index contributed by atoms with van der Waals surface area (Å²) in [6.45, 7) is 3.81. The van der Waals surface area contributed by atoms with Crippen LogP contribution in [0.25, 0.3) is 11.0 Å². The summed E-state index contributed by atoms with van der Waals surface area (Å²) in [7, 11) is 0. The first-order chi connectivity index (χ1) is 11.3. The fourth-order valence-corrected chi connectivity index (χ4v) is 3.03. The van der Waals surface area contributed by atoms with E-state index < -0.39 is 0 Å². The highest BCUT2D eigenvalue weighted by Crippen LogP contribution is 2.21. The van der Waals surface area contributed by atoms with Gasteiger partial charge in [-0.05, 0) is 30.3 Å². The molecule has 3 aromatic rings. The van der Waals surface area contributed by atoms with Gasteiger partial charge in [0.2, 0.25) is 5.95 Å². The molecule has 0 amide bonds. The molecular formula is C18H17N5. The maximum absolute atomic E-state index is 8.99. The molecule has 5 nitrogen and oxygen atoms in total. The van der Waals surface area contributed by atoms with Crippen molar-refractivity contribution >= 4 is 22.7 Å². The summed E-state index contributed by atoms with van der Waals surface area (Å²) >= 11 is 0. The van der Waals surface area contributed by atoms with E-state index in [9.17, 15) is 0 Å². The molecular weight excluding hydrogens is 286 g/mol. The molecule has 5 heteroatoms. The Morgan fingerprint density at radius 1 is 0.957 bits per heavy atom. The topological polar surface area (TPSA) is 59.0 Å². The number of aromatic amines is 1. The summed E-state index contributed by atoms with van der Waals surface area (Å²) in [5, 5.41) is 8.99. The average Bonchev–Trinajstić information content (AvgIpc) is 3.05. The van der Waals surface area contributed by atoms with Gasteiger partial charge in [-0.3, -0.25) is 0 Å². The molecule has 0 atom stereocenters. The third kappa shape index (κ3) is 2.59. The van der Waals surface area contributed by atoms with Crippen LogP contribution in [-0.4, -0.2) is 36.1 Å². The van der Waals surface area contributed by atoms with Gasteiger partial charge in [0.1, 0.15) is 0 Å². The standard InChI is InChI=1S/C18H17N5/c19-13-14-6-7-16-17(12-14)21-18(20-16)23-10-8-22(9-11-23)15-4-2-1-3-5-15/h1-7,12H,8-11H2,(H,20,21).